The third-order valence-corrected chi connectivity index (χ3v) is 5.56. The van der Waals surface area contributed by atoms with Crippen molar-refractivity contribution in [3.8, 4) is 0 Å². The van der Waals surface area contributed by atoms with Crippen LogP contribution in [0.15, 0.2) is 48.8 Å². The van der Waals surface area contributed by atoms with Crippen LogP contribution in [0.2, 0.25) is 0 Å². The van der Waals surface area contributed by atoms with Crippen LogP contribution >= 0.6 is 0 Å². The van der Waals surface area contributed by atoms with Crippen molar-refractivity contribution in [2.75, 3.05) is 19.7 Å². The summed E-state index contributed by atoms with van der Waals surface area (Å²) in [6.45, 7) is 5.07. The zero-order chi connectivity index (χ0) is 20.8. The molecule has 0 unspecified atom stereocenters. The highest BCUT2D eigenvalue weighted by atomic mass is 16.3. The second-order valence-corrected chi connectivity index (χ2v) is 7.53. The predicted octanol–water partition coefficient (Wildman–Crippen LogP) is 2.71. The number of hydrogen-bond acceptors (Lipinski definition) is 4. The molecular formula is C23H29N3O3. The monoisotopic (exact) mass is 395 g/mol. The summed E-state index contributed by atoms with van der Waals surface area (Å²) in [4.78, 5) is 33.8. The number of aromatic nitrogens is 1. The van der Waals surface area contributed by atoms with Gasteiger partial charge in [-0.1, -0.05) is 35.9 Å². The third-order valence-electron chi connectivity index (χ3n) is 5.56. The van der Waals surface area contributed by atoms with Gasteiger partial charge in [-0.05, 0) is 37.5 Å². The Balaban J connectivity index is 1.91. The fourth-order valence-corrected chi connectivity index (χ4v) is 4.09. The van der Waals surface area contributed by atoms with E-state index in [1.807, 2.05) is 55.1 Å². The van der Waals surface area contributed by atoms with Gasteiger partial charge in [0.05, 0.1) is 18.6 Å². The van der Waals surface area contributed by atoms with Crippen LogP contribution in [-0.2, 0) is 16.1 Å². The Labute approximate surface area is 172 Å². The van der Waals surface area contributed by atoms with Gasteiger partial charge in [-0.25, -0.2) is 0 Å². The lowest BCUT2D eigenvalue weighted by molar-refractivity contribution is -0.148. The lowest BCUT2D eigenvalue weighted by Gasteiger charge is -2.42. The molecule has 1 aromatic heterocycles. The van der Waals surface area contributed by atoms with E-state index in [9.17, 15) is 14.7 Å². The maximum Gasteiger partial charge on any atom is 0.228 e. The summed E-state index contributed by atoms with van der Waals surface area (Å²) in [5.74, 6) is -0.277. The highest BCUT2D eigenvalue weighted by Gasteiger charge is 2.41. The van der Waals surface area contributed by atoms with E-state index in [-0.39, 0.29) is 36.9 Å². The Kier molecular flexibility index (Phi) is 6.99. The molecule has 2 atom stereocenters. The number of nitrogens with zero attached hydrogens (tertiary/aromatic N) is 3. The Morgan fingerprint density at radius 2 is 2.03 bits per heavy atom. The topological polar surface area (TPSA) is 73.7 Å². The van der Waals surface area contributed by atoms with E-state index in [1.165, 1.54) is 0 Å². The quantitative estimate of drug-likeness (QED) is 0.782. The molecule has 1 aliphatic rings. The molecule has 154 valence electrons. The second-order valence-electron chi connectivity index (χ2n) is 7.53. The number of carbonyl (C=O) groups is 2. The molecule has 1 aromatic carbocycles. The van der Waals surface area contributed by atoms with Crippen molar-refractivity contribution in [1.82, 2.24) is 14.8 Å². The van der Waals surface area contributed by atoms with Crippen LogP contribution < -0.4 is 0 Å². The van der Waals surface area contributed by atoms with Crippen molar-refractivity contribution < 1.29 is 14.7 Å². The summed E-state index contributed by atoms with van der Waals surface area (Å²) in [6, 6.07) is 11.5. The number of aryl methyl sites for hydroxylation is 1. The van der Waals surface area contributed by atoms with E-state index in [0.29, 0.717) is 25.9 Å². The molecule has 0 aliphatic carbocycles. The van der Waals surface area contributed by atoms with Gasteiger partial charge in [0.15, 0.2) is 0 Å². The standard InChI is InChI=1S/C23H29N3O3/c1-3-26-21(28)11-10-20(22(26)19-8-6-17(2)7-9-19)23(29)25(13-14-27)16-18-5-4-12-24-15-18/h4-9,12,15,20,22,27H,3,10-11,13-14,16H2,1-2H3/t20-,22+/m1/s1. The number of aliphatic hydroxyl groups is 1. The fourth-order valence-electron chi connectivity index (χ4n) is 4.09. The molecule has 0 bridgehead atoms. The summed E-state index contributed by atoms with van der Waals surface area (Å²) in [5.41, 5.74) is 3.04. The lowest BCUT2D eigenvalue weighted by atomic mass is 9.83. The highest BCUT2D eigenvalue weighted by molar-refractivity contribution is 5.85. The van der Waals surface area contributed by atoms with Crippen LogP contribution in [0.1, 0.15) is 42.5 Å². The van der Waals surface area contributed by atoms with Gasteiger partial charge in [0.25, 0.3) is 0 Å². The summed E-state index contributed by atoms with van der Waals surface area (Å²) >= 11 is 0. The first-order valence-corrected chi connectivity index (χ1v) is 10.2. The van der Waals surface area contributed by atoms with Crippen molar-refractivity contribution in [1.29, 1.82) is 0 Å². The zero-order valence-electron chi connectivity index (χ0n) is 17.1. The van der Waals surface area contributed by atoms with Crippen molar-refractivity contribution in [3.05, 3.63) is 65.5 Å². The molecule has 1 saturated heterocycles. The predicted molar refractivity (Wildman–Crippen MR) is 111 cm³/mol. The largest absolute Gasteiger partial charge is 0.395 e. The van der Waals surface area contributed by atoms with Gasteiger partial charge in [-0.15, -0.1) is 0 Å². The molecular weight excluding hydrogens is 366 g/mol. The number of piperidine rings is 1. The zero-order valence-corrected chi connectivity index (χ0v) is 17.1. The molecule has 1 fully saturated rings. The molecule has 6 nitrogen and oxygen atoms in total. The van der Waals surface area contributed by atoms with Gasteiger partial charge in [0.1, 0.15) is 0 Å². The second kappa shape index (κ2) is 9.65. The Morgan fingerprint density at radius 1 is 1.28 bits per heavy atom. The van der Waals surface area contributed by atoms with Crippen LogP contribution in [-0.4, -0.2) is 51.4 Å². The summed E-state index contributed by atoms with van der Waals surface area (Å²) < 4.78 is 0. The maximum absolute atomic E-state index is 13.6. The van der Waals surface area contributed by atoms with Crippen molar-refractivity contribution in [2.24, 2.45) is 5.92 Å². The molecule has 6 heteroatoms. The van der Waals surface area contributed by atoms with Crippen LogP contribution in [0.3, 0.4) is 0 Å². The van der Waals surface area contributed by atoms with Gasteiger partial charge in [-0.3, -0.25) is 14.6 Å². The summed E-state index contributed by atoms with van der Waals surface area (Å²) in [5, 5.41) is 9.54. The molecule has 0 spiro atoms. The van der Waals surface area contributed by atoms with E-state index in [1.54, 1.807) is 17.3 Å². The molecule has 1 N–H and O–H groups in total. The molecule has 2 heterocycles. The molecule has 3 rings (SSSR count). The minimum Gasteiger partial charge on any atom is -0.395 e. The van der Waals surface area contributed by atoms with Gasteiger partial charge in [-0.2, -0.15) is 0 Å². The highest BCUT2D eigenvalue weighted by Crippen LogP contribution is 2.38. The number of benzene rings is 1. The Morgan fingerprint density at radius 3 is 2.66 bits per heavy atom. The normalized spacial score (nSPS) is 19.3. The van der Waals surface area contributed by atoms with E-state index in [0.717, 1.165) is 16.7 Å². The number of rotatable bonds is 7. The third kappa shape index (κ3) is 4.82. The van der Waals surface area contributed by atoms with E-state index in [2.05, 4.69) is 4.98 Å². The molecule has 0 saturated carbocycles. The first kappa shape index (κ1) is 21.0. The fraction of sp³-hybridized carbons (Fsp3) is 0.435. The van der Waals surface area contributed by atoms with Crippen LogP contribution in [0.5, 0.6) is 0 Å². The average molecular weight is 396 g/mol. The maximum atomic E-state index is 13.6. The smallest absolute Gasteiger partial charge is 0.228 e. The minimum absolute atomic E-state index is 0.0283. The van der Waals surface area contributed by atoms with Crippen molar-refractivity contribution >= 4 is 11.8 Å². The molecule has 0 radical (unpaired) electrons. The van der Waals surface area contributed by atoms with Crippen molar-refractivity contribution in [2.45, 2.75) is 39.3 Å². The van der Waals surface area contributed by atoms with Crippen molar-refractivity contribution in [3.63, 3.8) is 0 Å². The Bertz CT molecular complexity index is 823. The number of pyridine rings is 1. The SMILES string of the molecule is CCN1C(=O)CC[C@@H](C(=O)N(CCO)Cc2cccnc2)[C@@H]1c1ccc(C)cc1. The number of likely N-dealkylation sites (tertiary alicyclic amines) is 1. The van der Waals surface area contributed by atoms with Crippen LogP contribution in [0.4, 0.5) is 0 Å². The van der Waals surface area contributed by atoms with Crippen LogP contribution in [0, 0.1) is 12.8 Å². The molecule has 1 aliphatic heterocycles. The molecule has 2 amide bonds. The van der Waals surface area contributed by atoms with Gasteiger partial charge < -0.3 is 14.9 Å². The minimum atomic E-state index is -0.335. The van der Waals surface area contributed by atoms with Gasteiger partial charge in [0.2, 0.25) is 11.8 Å². The summed E-state index contributed by atoms with van der Waals surface area (Å²) in [7, 11) is 0. The van der Waals surface area contributed by atoms with E-state index in [4.69, 9.17) is 0 Å². The number of aliphatic hydroxyl groups excluding tert-OH is 1. The van der Waals surface area contributed by atoms with Gasteiger partial charge in [0, 0.05) is 38.4 Å². The van der Waals surface area contributed by atoms with Crippen LogP contribution in [0.25, 0.3) is 0 Å². The number of amides is 2. The Hall–Kier alpha value is -2.73. The van der Waals surface area contributed by atoms with E-state index < -0.39 is 0 Å². The van der Waals surface area contributed by atoms with Gasteiger partial charge >= 0.3 is 0 Å². The first-order valence-electron chi connectivity index (χ1n) is 10.2. The number of carbonyl (C=O) groups excluding carboxylic acids is 2. The first-order chi connectivity index (χ1) is 14.0. The average Bonchev–Trinajstić information content (AvgIpc) is 2.74. The summed E-state index contributed by atoms with van der Waals surface area (Å²) in [6.07, 6.45) is 4.31. The number of hydrogen-bond donors (Lipinski definition) is 1. The molecule has 2 aromatic rings. The van der Waals surface area contributed by atoms with E-state index >= 15 is 0 Å². The molecule has 29 heavy (non-hydrogen) atoms. The lowest BCUT2D eigenvalue weighted by Crippen LogP contribution is -2.49.